The Morgan fingerprint density at radius 2 is 1.96 bits per heavy atom. The molecule has 2 aliphatic rings. The van der Waals surface area contributed by atoms with Gasteiger partial charge in [-0.2, -0.15) is 0 Å². The molecule has 0 bridgehead atoms. The standard InChI is InChI=1S/C20H23N3O4/c1-26-16-8-2-13(3-9-16)10-19(24)23(15-6-7-15)11-18-22-17(12-27-18)20(25)21-14-4-5-14/h2-3,8-9,12,14-15H,4-7,10-11H2,1H3,(H,21,25). The van der Waals surface area contributed by atoms with E-state index in [4.69, 9.17) is 9.15 Å². The number of oxazole rings is 1. The van der Waals surface area contributed by atoms with Crippen molar-refractivity contribution in [3.05, 3.63) is 47.7 Å². The van der Waals surface area contributed by atoms with Gasteiger partial charge in [0.05, 0.1) is 20.1 Å². The monoisotopic (exact) mass is 369 g/mol. The first-order valence-corrected chi connectivity index (χ1v) is 9.30. The molecule has 27 heavy (non-hydrogen) atoms. The Kier molecular flexibility index (Phi) is 4.83. The Balaban J connectivity index is 1.39. The number of carbonyl (C=O) groups is 2. The normalized spacial score (nSPS) is 16.0. The summed E-state index contributed by atoms with van der Waals surface area (Å²) in [6.07, 6.45) is 5.70. The second-order valence-corrected chi connectivity index (χ2v) is 7.15. The second kappa shape index (κ2) is 7.42. The summed E-state index contributed by atoms with van der Waals surface area (Å²) in [7, 11) is 1.62. The van der Waals surface area contributed by atoms with Crippen LogP contribution < -0.4 is 10.1 Å². The number of carbonyl (C=O) groups excluding carboxylic acids is 2. The van der Waals surface area contributed by atoms with Crippen LogP contribution in [0.25, 0.3) is 0 Å². The topological polar surface area (TPSA) is 84.7 Å². The summed E-state index contributed by atoms with van der Waals surface area (Å²) in [6.45, 7) is 0.288. The summed E-state index contributed by atoms with van der Waals surface area (Å²) >= 11 is 0. The van der Waals surface area contributed by atoms with E-state index in [1.54, 1.807) is 12.0 Å². The predicted octanol–water partition coefficient (Wildman–Crippen LogP) is 2.31. The van der Waals surface area contributed by atoms with E-state index < -0.39 is 0 Å². The molecule has 2 amide bonds. The van der Waals surface area contributed by atoms with Crippen molar-refractivity contribution in [3.63, 3.8) is 0 Å². The van der Waals surface area contributed by atoms with Gasteiger partial charge in [-0.25, -0.2) is 4.98 Å². The summed E-state index contributed by atoms with van der Waals surface area (Å²) in [5, 5.41) is 2.88. The Labute approximate surface area is 157 Å². The molecule has 0 spiro atoms. The minimum absolute atomic E-state index is 0.0323. The number of rotatable bonds is 8. The fraction of sp³-hybridized carbons (Fsp3) is 0.450. The average molecular weight is 369 g/mol. The molecular weight excluding hydrogens is 346 g/mol. The lowest BCUT2D eigenvalue weighted by atomic mass is 10.1. The Hall–Kier alpha value is -2.83. The van der Waals surface area contributed by atoms with Crippen LogP contribution in [0, 0.1) is 0 Å². The lowest BCUT2D eigenvalue weighted by Crippen LogP contribution is -2.34. The average Bonchev–Trinajstić information content (AvgIpc) is 3.60. The summed E-state index contributed by atoms with van der Waals surface area (Å²) in [6, 6.07) is 7.99. The summed E-state index contributed by atoms with van der Waals surface area (Å²) in [5.74, 6) is 0.979. The van der Waals surface area contributed by atoms with Crippen LogP contribution in [0.4, 0.5) is 0 Å². The lowest BCUT2D eigenvalue weighted by Gasteiger charge is -2.20. The van der Waals surface area contributed by atoms with E-state index in [2.05, 4.69) is 10.3 Å². The van der Waals surface area contributed by atoms with Crippen LogP contribution in [0.1, 0.15) is 47.6 Å². The number of nitrogens with zero attached hydrogens (tertiary/aromatic N) is 2. The van der Waals surface area contributed by atoms with Gasteiger partial charge in [0, 0.05) is 12.1 Å². The summed E-state index contributed by atoms with van der Waals surface area (Å²) in [5.41, 5.74) is 1.21. The Morgan fingerprint density at radius 1 is 1.22 bits per heavy atom. The quantitative estimate of drug-likeness (QED) is 0.772. The van der Waals surface area contributed by atoms with Crippen LogP contribution in [0.5, 0.6) is 5.75 Å². The molecule has 0 unspecified atom stereocenters. The zero-order chi connectivity index (χ0) is 18.8. The molecule has 7 heteroatoms. The number of hydrogen-bond donors (Lipinski definition) is 1. The highest BCUT2D eigenvalue weighted by atomic mass is 16.5. The highest BCUT2D eigenvalue weighted by Crippen LogP contribution is 2.29. The van der Waals surface area contributed by atoms with Crippen molar-refractivity contribution in [2.45, 2.75) is 50.7 Å². The summed E-state index contributed by atoms with van der Waals surface area (Å²) in [4.78, 5) is 30.9. The van der Waals surface area contributed by atoms with E-state index in [1.165, 1.54) is 6.26 Å². The molecule has 1 aromatic heterocycles. The zero-order valence-electron chi connectivity index (χ0n) is 15.3. The van der Waals surface area contributed by atoms with Gasteiger partial charge in [0.1, 0.15) is 12.0 Å². The van der Waals surface area contributed by atoms with E-state index in [0.29, 0.717) is 12.3 Å². The maximum atomic E-state index is 12.8. The first kappa shape index (κ1) is 17.6. The van der Waals surface area contributed by atoms with Gasteiger partial charge in [-0.05, 0) is 43.4 Å². The molecule has 2 saturated carbocycles. The van der Waals surface area contributed by atoms with Gasteiger partial charge in [-0.1, -0.05) is 12.1 Å². The van der Waals surface area contributed by atoms with Gasteiger partial charge in [0.25, 0.3) is 5.91 Å². The van der Waals surface area contributed by atoms with E-state index in [1.807, 2.05) is 24.3 Å². The maximum Gasteiger partial charge on any atom is 0.273 e. The Morgan fingerprint density at radius 3 is 2.59 bits per heavy atom. The van der Waals surface area contributed by atoms with Gasteiger partial charge >= 0.3 is 0 Å². The molecule has 7 nitrogen and oxygen atoms in total. The largest absolute Gasteiger partial charge is 0.497 e. The smallest absolute Gasteiger partial charge is 0.273 e. The van der Waals surface area contributed by atoms with Crippen molar-refractivity contribution in [1.82, 2.24) is 15.2 Å². The zero-order valence-corrected chi connectivity index (χ0v) is 15.3. The van der Waals surface area contributed by atoms with Crippen molar-refractivity contribution in [3.8, 4) is 5.75 Å². The predicted molar refractivity (Wildman–Crippen MR) is 97.3 cm³/mol. The molecular formula is C20H23N3O4. The van der Waals surface area contributed by atoms with Gasteiger partial charge in [-0.3, -0.25) is 9.59 Å². The summed E-state index contributed by atoms with van der Waals surface area (Å²) < 4.78 is 10.6. The molecule has 1 N–H and O–H groups in total. The number of aromatic nitrogens is 1. The van der Waals surface area contributed by atoms with Crippen LogP contribution in [-0.4, -0.2) is 40.9 Å². The van der Waals surface area contributed by atoms with Crippen LogP contribution in [-0.2, 0) is 17.8 Å². The number of nitrogens with one attached hydrogen (secondary N) is 1. The highest BCUT2D eigenvalue weighted by molar-refractivity contribution is 5.92. The number of ether oxygens (including phenoxy) is 1. The molecule has 0 radical (unpaired) electrons. The number of methoxy groups -OCH3 is 1. The SMILES string of the molecule is COc1ccc(CC(=O)N(Cc2nc(C(=O)NC3CC3)co2)C2CC2)cc1. The third-order valence-electron chi connectivity index (χ3n) is 4.82. The molecule has 1 heterocycles. The van der Waals surface area contributed by atoms with Gasteiger partial charge < -0.3 is 19.4 Å². The molecule has 1 aromatic carbocycles. The van der Waals surface area contributed by atoms with Crippen molar-refractivity contribution in [1.29, 1.82) is 0 Å². The van der Waals surface area contributed by atoms with E-state index in [-0.39, 0.29) is 36.1 Å². The van der Waals surface area contributed by atoms with Gasteiger partial charge in [0.2, 0.25) is 11.8 Å². The van der Waals surface area contributed by atoms with Crippen LogP contribution in [0.3, 0.4) is 0 Å². The molecule has 0 saturated heterocycles. The van der Waals surface area contributed by atoms with Crippen molar-refractivity contribution >= 4 is 11.8 Å². The van der Waals surface area contributed by atoms with E-state index in [9.17, 15) is 9.59 Å². The molecule has 2 fully saturated rings. The molecule has 0 aliphatic heterocycles. The van der Waals surface area contributed by atoms with Gasteiger partial charge in [-0.15, -0.1) is 0 Å². The third-order valence-corrected chi connectivity index (χ3v) is 4.82. The van der Waals surface area contributed by atoms with Crippen LogP contribution >= 0.6 is 0 Å². The fourth-order valence-electron chi connectivity index (χ4n) is 2.95. The van der Waals surface area contributed by atoms with Crippen LogP contribution in [0.2, 0.25) is 0 Å². The number of benzene rings is 1. The van der Waals surface area contributed by atoms with Gasteiger partial charge in [0.15, 0.2) is 5.69 Å². The lowest BCUT2D eigenvalue weighted by molar-refractivity contribution is -0.132. The molecule has 142 valence electrons. The first-order valence-electron chi connectivity index (χ1n) is 9.30. The first-order chi connectivity index (χ1) is 13.1. The minimum atomic E-state index is -0.213. The van der Waals surface area contributed by atoms with Crippen molar-refractivity contribution in [2.75, 3.05) is 7.11 Å². The van der Waals surface area contributed by atoms with Crippen molar-refractivity contribution in [2.24, 2.45) is 0 Å². The Bertz CT molecular complexity index is 822. The number of hydrogen-bond acceptors (Lipinski definition) is 5. The third kappa shape index (κ3) is 4.48. The maximum absolute atomic E-state index is 12.8. The molecule has 0 atom stereocenters. The van der Waals surface area contributed by atoms with E-state index in [0.717, 1.165) is 37.0 Å². The fourth-order valence-corrected chi connectivity index (χ4v) is 2.95. The molecule has 4 rings (SSSR count). The van der Waals surface area contributed by atoms with Crippen molar-refractivity contribution < 1.29 is 18.7 Å². The molecule has 2 aromatic rings. The highest BCUT2D eigenvalue weighted by Gasteiger charge is 2.33. The second-order valence-electron chi connectivity index (χ2n) is 7.15. The minimum Gasteiger partial charge on any atom is -0.497 e. The van der Waals surface area contributed by atoms with Crippen LogP contribution in [0.15, 0.2) is 34.9 Å². The molecule has 2 aliphatic carbocycles. The van der Waals surface area contributed by atoms with E-state index >= 15 is 0 Å². The number of amides is 2.